The van der Waals surface area contributed by atoms with Crippen molar-refractivity contribution < 1.29 is 4.74 Å². The number of rotatable bonds is 7. The summed E-state index contributed by atoms with van der Waals surface area (Å²) in [5.41, 5.74) is -0.984. The molecule has 17 heavy (non-hydrogen) atoms. The third-order valence-electron chi connectivity index (χ3n) is 2.20. The standard InChI is InChI=1S/C10H16ClN3O3/c1-17-6-4-12-3-2-5-14-7-8(11)9(15)13-10(14)16/h7,12H,2-6H2,1H3,(H,13,15,16). The lowest BCUT2D eigenvalue weighted by molar-refractivity contribution is 0.199. The Balaban J connectivity index is 2.39. The molecule has 0 bridgehead atoms. The Hall–Kier alpha value is -1.11. The monoisotopic (exact) mass is 261 g/mol. The van der Waals surface area contributed by atoms with E-state index in [4.69, 9.17) is 16.3 Å². The Bertz CT molecular complexity index is 455. The average Bonchev–Trinajstić information content (AvgIpc) is 2.30. The van der Waals surface area contributed by atoms with E-state index in [-0.39, 0.29) is 5.02 Å². The summed E-state index contributed by atoms with van der Waals surface area (Å²) in [5.74, 6) is 0. The van der Waals surface area contributed by atoms with Crippen LogP contribution in [0.25, 0.3) is 0 Å². The van der Waals surface area contributed by atoms with Crippen molar-refractivity contribution in [1.82, 2.24) is 14.9 Å². The van der Waals surface area contributed by atoms with E-state index in [0.29, 0.717) is 13.2 Å². The molecule has 1 rings (SSSR count). The first-order chi connectivity index (χ1) is 8.15. The maximum atomic E-state index is 11.4. The van der Waals surface area contributed by atoms with E-state index in [1.165, 1.54) is 10.8 Å². The van der Waals surface area contributed by atoms with Gasteiger partial charge in [0.2, 0.25) is 0 Å². The molecule has 1 heterocycles. The number of aryl methyl sites for hydroxylation is 1. The van der Waals surface area contributed by atoms with E-state index in [9.17, 15) is 9.59 Å². The van der Waals surface area contributed by atoms with Gasteiger partial charge in [0, 0.05) is 26.4 Å². The van der Waals surface area contributed by atoms with Gasteiger partial charge in [-0.2, -0.15) is 0 Å². The topological polar surface area (TPSA) is 76.1 Å². The molecular formula is C10H16ClN3O3. The molecule has 0 radical (unpaired) electrons. The zero-order valence-electron chi connectivity index (χ0n) is 9.66. The zero-order chi connectivity index (χ0) is 12.7. The summed E-state index contributed by atoms with van der Waals surface area (Å²) in [6.45, 7) is 2.71. The van der Waals surface area contributed by atoms with Crippen molar-refractivity contribution in [3.05, 3.63) is 32.1 Å². The number of aromatic amines is 1. The van der Waals surface area contributed by atoms with Gasteiger partial charge < -0.3 is 10.1 Å². The van der Waals surface area contributed by atoms with Crippen LogP contribution in [0.2, 0.25) is 5.02 Å². The third kappa shape index (κ3) is 4.72. The maximum absolute atomic E-state index is 11.4. The first kappa shape index (κ1) is 14.0. The van der Waals surface area contributed by atoms with Crippen molar-refractivity contribution in [3.8, 4) is 0 Å². The van der Waals surface area contributed by atoms with Crippen molar-refractivity contribution in [3.63, 3.8) is 0 Å². The highest BCUT2D eigenvalue weighted by molar-refractivity contribution is 6.30. The lowest BCUT2D eigenvalue weighted by atomic mass is 10.4. The van der Waals surface area contributed by atoms with Gasteiger partial charge in [-0.3, -0.25) is 14.3 Å². The van der Waals surface area contributed by atoms with Crippen LogP contribution in [-0.2, 0) is 11.3 Å². The summed E-state index contributed by atoms with van der Waals surface area (Å²) in [5, 5.41) is 3.18. The number of aromatic nitrogens is 2. The Morgan fingerprint density at radius 2 is 2.24 bits per heavy atom. The largest absolute Gasteiger partial charge is 0.383 e. The van der Waals surface area contributed by atoms with Crippen LogP contribution in [0, 0.1) is 0 Å². The predicted octanol–water partition coefficient (Wildman–Crippen LogP) is -0.184. The Labute approximate surface area is 104 Å². The van der Waals surface area contributed by atoms with Crippen LogP contribution in [-0.4, -0.2) is 36.4 Å². The Morgan fingerprint density at radius 3 is 2.94 bits per heavy atom. The van der Waals surface area contributed by atoms with Gasteiger partial charge in [0.1, 0.15) is 5.02 Å². The highest BCUT2D eigenvalue weighted by Gasteiger charge is 2.01. The molecule has 0 aromatic carbocycles. The number of nitrogens with zero attached hydrogens (tertiary/aromatic N) is 1. The molecule has 0 unspecified atom stereocenters. The minimum atomic E-state index is -0.550. The smallest absolute Gasteiger partial charge is 0.328 e. The fraction of sp³-hybridized carbons (Fsp3) is 0.600. The summed E-state index contributed by atoms with van der Waals surface area (Å²) < 4.78 is 6.27. The van der Waals surface area contributed by atoms with Crippen LogP contribution in [0.5, 0.6) is 0 Å². The number of hydrogen-bond donors (Lipinski definition) is 2. The summed E-state index contributed by atoms with van der Waals surface area (Å²) in [6, 6.07) is 0. The molecule has 0 aliphatic rings. The van der Waals surface area contributed by atoms with Gasteiger partial charge in [0.15, 0.2) is 0 Å². The average molecular weight is 262 g/mol. The molecule has 6 nitrogen and oxygen atoms in total. The zero-order valence-corrected chi connectivity index (χ0v) is 10.4. The van der Waals surface area contributed by atoms with Gasteiger partial charge >= 0.3 is 5.69 Å². The van der Waals surface area contributed by atoms with Crippen molar-refractivity contribution in [2.24, 2.45) is 0 Å². The van der Waals surface area contributed by atoms with E-state index in [1.54, 1.807) is 7.11 Å². The molecule has 0 saturated carbocycles. The Kier molecular flexibility index (Phi) is 5.96. The van der Waals surface area contributed by atoms with Gasteiger partial charge in [0.05, 0.1) is 6.61 Å². The lowest BCUT2D eigenvalue weighted by Gasteiger charge is -2.06. The molecule has 0 atom stereocenters. The second-order valence-electron chi connectivity index (χ2n) is 3.53. The summed E-state index contributed by atoms with van der Waals surface area (Å²) >= 11 is 5.63. The molecule has 96 valence electrons. The maximum Gasteiger partial charge on any atom is 0.328 e. The normalized spacial score (nSPS) is 10.7. The van der Waals surface area contributed by atoms with Crippen molar-refractivity contribution in [2.75, 3.05) is 26.8 Å². The predicted molar refractivity (Wildman–Crippen MR) is 65.7 cm³/mol. The fourth-order valence-corrected chi connectivity index (χ4v) is 1.49. The SMILES string of the molecule is COCCNCCCn1cc(Cl)c(=O)[nH]c1=O. The molecule has 1 aromatic heterocycles. The highest BCUT2D eigenvalue weighted by Crippen LogP contribution is 1.96. The van der Waals surface area contributed by atoms with Crippen LogP contribution < -0.4 is 16.6 Å². The number of halogens is 1. The molecule has 2 N–H and O–H groups in total. The Morgan fingerprint density at radius 1 is 1.47 bits per heavy atom. The van der Waals surface area contributed by atoms with E-state index < -0.39 is 11.2 Å². The van der Waals surface area contributed by atoms with Crippen LogP contribution >= 0.6 is 11.6 Å². The van der Waals surface area contributed by atoms with Crippen LogP contribution in [0.15, 0.2) is 15.8 Å². The second kappa shape index (κ2) is 7.26. The molecule has 0 saturated heterocycles. The van der Waals surface area contributed by atoms with Gasteiger partial charge in [-0.15, -0.1) is 0 Å². The first-order valence-electron chi connectivity index (χ1n) is 5.34. The van der Waals surface area contributed by atoms with Gasteiger partial charge in [0.25, 0.3) is 5.56 Å². The van der Waals surface area contributed by atoms with Crippen molar-refractivity contribution in [1.29, 1.82) is 0 Å². The van der Waals surface area contributed by atoms with Gasteiger partial charge in [-0.1, -0.05) is 11.6 Å². The number of nitrogens with one attached hydrogen (secondary N) is 2. The van der Waals surface area contributed by atoms with E-state index in [2.05, 4.69) is 10.3 Å². The summed E-state index contributed by atoms with van der Waals surface area (Å²) in [6.07, 6.45) is 2.13. The second-order valence-corrected chi connectivity index (χ2v) is 3.93. The van der Waals surface area contributed by atoms with Crippen molar-refractivity contribution >= 4 is 11.6 Å². The molecule has 7 heteroatoms. The lowest BCUT2D eigenvalue weighted by Crippen LogP contribution is -2.30. The van der Waals surface area contributed by atoms with Crippen LogP contribution in [0.3, 0.4) is 0 Å². The van der Waals surface area contributed by atoms with Gasteiger partial charge in [-0.05, 0) is 13.0 Å². The van der Waals surface area contributed by atoms with Crippen LogP contribution in [0.4, 0.5) is 0 Å². The molecule has 0 fully saturated rings. The molecule has 1 aromatic rings. The first-order valence-corrected chi connectivity index (χ1v) is 5.72. The number of ether oxygens (including phenoxy) is 1. The third-order valence-corrected chi connectivity index (χ3v) is 2.47. The van der Waals surface area contributed by atoms with E-state index >= 15 is 0 Å². The molecular weight excluding hydrogens is 246 g/mol. The fourth-order valence-electron chi connectivity index (χ4n) is 1.32. The molecule has 0 aliphatic heterocycles. The number of hydrogen-bond acceptors (Lipinski definition) is 4. The van der Waals surface area contributed by atoms with E-state index in [1.807, 2.05) is 0 Å². The molecule has 0 amide bonds. The number of methoxy groups -OCH3 is 1. The minimum Gasteiger partial charge on any atom is -0.383 e. The highest BCUT2D eigenvalue weighted by atomic mass is 35.5. The van der Waals surface area contributed by atoms with Crippen LogP contribution in [0.1, 0.15) is 6.42 Å². The summed E-state index contributed by atoms with van der Waals surface area (Å²) in [4.78, 5) is 24.5. The van der Waals surface area contributed by atoms with E-state index in [0.717, 1.165) is 19.5 Å². The minimum absolute atomic E-state index is 0.0249. The molecule has 0 spiro atoms. The summed E-state index contributed by atoms with van der Waals surface area (Å²) in [7, 11) is 1.64. The molecule has 0 aliphatic carbocycles. The van der Waals surface area contributed by atoms with Crippen molar-refractivity contribution in [2.45, 2.75) is 13.0 Å². The quantitative estimate of drug-likeness (QED) is 0.668. The van der Waals surface area contributed by atoms with Gasteiger partial charge in [-0.25, -0.2) is 4.79 Å². The number of H-pyrrole nitrogens is 1.